The molecule has 0 aliphatic rings. The number of carboxylic acid groups (broad SMARTS) is 1. The zero-order chi connectivity index (χ0) is 21.3. The van der Waals surface area contributed by atoms with Gasteiger partial charge >= 0.3 is 5.97 Å². The van der Waals surface area contributed by atoms with Crippen LogP contribution in [-0.2, 0) is 0 Å². The van der Waals surface area contributed by atoms with E-state index in [4.69, 9.17) is 4.42 Å². The van der Waals surface area contributed by atoms with E-state index in [0.29, 0.717) is 16.9 Å². The van der Waals surface area contributed by atoms with Crippen LogP contribution in [0.5, 0.6) is 0 Å². The van der Waals surface area contributed by atoms with Crippen LogP contribution in [0, 0.1) is 10.1 Å². The maximum atomic E-state index is 12.6. The first kappa shape index (κ1) is 18.9. The summed E-state index contributed by atoms with van der Waals surface area (Å²) in [5.74, 6) is -1.27. The third kappa shape index (κ3) is 3.61. The average Bonchev–Trinajstić information content (AvgIpc) is 3.18. The zero-order valence-electron chi connectivity index (χ0n) is 15.4. The maximum Gasteiger partial charge on any atom is 0.337 e. The molecule has 1 aromatic heterocycles. The van der Waals surface area contributed by atoms with Crippen LogP contribution in [0.3, 0.4) is 0 Å². The van der Waals surface area contributed by atoms with E-state index in [0.717, 1.165) is 5.39 Å². The molecule has 1 heterocycles. The molecule has 0 spiro atoms. The predicted molar refractivity (Wildman–Crippen MR) is 110 cm³/mol. The van der Waals surface area contributed by atoms with Crippen LogP contribution in [0.1, 0.15) is 20.7 Å². The minimum absolute atomic E-state index is 0.0869. The van der Waals surface area contributed by atoms with Gasteiger partial charge in [-0.05, 0) is 36.4 Å². The molecule has 0 aliphatic heterocycles. The van der Waals surface area contributed by atoms with Gasteiger partial charge in [-0.2, -0.15) is 0 Å². The van der Waals surface area contributed by atoms with Gasteiger partial charge in [0, 0.05) is 28.6 Å². The molecule has 4 rings (SSSR count). The monoisotopic (exact) mass is 402 g/mol. The summed E-state index contributed by atoms with van der Waals surface area (Å²) in [4.78, 5) is 34.4. The Morgan fingerprint density at radius 2 is 1.70 bits per heavy atom. The third-order valence-corrected chi connectivity index (χ3v) is 4.55. The molecule has 0 fully saturated rings. The predicted octanol–water partition coefficient (Wildman–Crippen LogP) is 4.96. The highest BCUT2D eigenvalue weighted by Crippen LogP contribution is 2.31. The molecule has 0 unspecified atom stereocenters. The number of benzene rings is 3. The molecule has 0 saturated heterocycles. The van der Waals surface area contributed by atoms with E-state index in [1.165, 1.54) is 36.4 Å². The minimum Gasteiger partial charge on any atom is -0.478 e. The summed E-state index contributed by atoms with van der Waals surface area (Å²) in [5, 5.41) is 23.7. The molecule has 2 N–H and O–H groups in total. The largest absolute Gasteiger partial charge is 0.478 e. The lowest BCUT2D eigenvalue weighted by Crippen LogP contribution is -2.15. The molecule has 0 bridgehead atoms. The van der Waals surface area contributed by atoms with Gasteiger partial charge in [0.15, 0.2) is 0 Å². The fraction of sp³-hybridized carbons (Fsp3) is 0. The van der Waals surface area contributed by atoms with Gasteiger partial charge in [0.25, 0.3) is 11.6 Å². The van der Waals surface area contributed by atoms with Gasteiger partial charge in [-0.1, -0.05) is 24.3 Å². The number of carbonyl (C=O) groups excluding carboxylic acids is 1. The molecule has 3 aromatic carbocycles. The van der Waals surface area contributed by atoms with Crippen LogP contribution in [-0.4, -0.2) is 21.9 Å². The Kier molecular flexibility index (Phi) is 4.73. The number of carbonyl (C=O) groups is 2. The van der Waals surface area contributed by atoms with E-state index >= 15 is 0 Å². The number of hydrogen-bond donors (Lipinski definition) is 2. The Morgan fingerprint density at radius 1 is 0.967 bits per heavy atom. The molecule has 1 amide bonds. The van der Waals surface area contributed by atoms with Gasteiger partial charge in [-0.3, -0.25) is 14.9 Å². The first-order chi connectivity index (χ1) is 14.4. The summed E-state index contributed by atoms with van der Waals surface area (Å²) in [6.45, 7) is 0. The number of fused-ring (bicyclic) bond motifs is 1. The lowest BCUT2D eigenvalue weighted by Gasteiger charge is -2.10. The van der Waals surface area contributed by atoms with Gasteiger partial charge in [0.1, 0.15) is 11.3 Å². The van der Waals surface area contributed by atoms with Crippen molar-refractivity contribution < 1.29 is 24.0 Å². The second kappa shape index (κ2) is 7.51. The van der Waals surface area contributed by atoms with Crippen molar-refractivity contribution in [2.24, 2.45) is 0 Å². The number of hydrogen-bond acceptors (Lipinski definition) is 5. The Bertz CT molecular complexity index is 1260. The summed E-state index contributed by atoms with van der Waals surface area (Å²) in [6, 6.07) is 18.8. The van der Waals surface area contributed by atoms with Crippen LogP contribution in [0.15, 0.2) is 77.2 Å². The van der Waals surface area contributed by atoms with Crippen molar-refractivity contribution in [2.45, 2.75) is 0 Å². The Morgan fingerprint density at radius 3 is 2.37 bits per heavy atom. The molecule has 4 aromatic rings. The number of rotatable bonds is 5. The second-order valence-corrected chi connectivity index (χ2v) is 6.47. The Labute approximate surface area is 169 Å². The number of nitro benzene ring substituents is 1. The lowest BCUT2D eigenvalue weighted by atomic mass is 10.1. The molecule has 0 saturated carbocycles. The van der Waals surface area contributed by atoms with Gasteiger partial charge in [-0.15, -0.1) is 0 Å². The number of furan rings is 1. The molecule has 0 aliphatic carbocycles. The number of anilines is 1. The molecular formula is C22H14N2O6. The van der Waals surface area contributed by atoms with Crippen molar-refractivity contribution in [3.63, 3.8) is 0 Å². The molecule has 0 atom stereocenters. The number of para-hydroxylation sites is 1. The fourth-order valence-corrected chi connectivity index (χ4v) is 3.04. The van der Waals surface area contributed by atoms with Gasteiger partial charge in [0.2, 0.25) is 0 Å². The summed E-state index contributed by atoms with van der Waals surface area (Å²) in [5.41, 5.74) is 1.28. The quantitative estimate of drug-likeness (QED) is 0.359. The zero-order valence-corrected chi connectivity index (χ0v) is 15.4. The van der Waals surface area contributed by atoms with Crippen LogP contribution < -0.4 is 5.32 Å². The summed E-state index contributed by atoms with van der Waals surface area (Å²) < 4.78 is 5.81. The van der Waals surface area contributed by atoms with Gasteiger partial charge in [-0.25, -0.2) is 4.79 Å². The van der Waals surface area contributed by atoms with Crippen molar-refractivity contribution in [3.05, 3.63) is 94.0 Å². The van der Waals surface area contributed by atoms with E-state index in [2.05, 4.69) is 5.32 Å². The molecule has 148 valence electrons. The van der Waals surface area contributed by atoms with Gasteiger partial charge < -0.3 is 14.8 Å². The highest BCUT2D eigenvalue weighted by atomic mass is 16.6. The molecule has 8 nitrogen and oxygen atoms in total. The number of nitrogens with one attached hydrogen (secondary N) is 1. The van der Waals surface area contributed by atoms with E-state index in [1.54, 1.807) is 6.07 Å². The highest BCUT2D eigenvalue weighted by molar-refractivity contribution is 6.08. The van der Waals surface area contributed by atoms with E-state index in [9.17, 15) is 24.8 Å². The highest BCUT2D eigenvalue weighted by Gasteiger charge is 2.17. The van der Waals surface area contributed by atoms with Crippen molar-refractivity contribution in [3.8, 4) is 11.3 Å². The first-order valence-corrected chi connectivity index (χ1v) is 8.84. The second-order valence-electron chi connectivity index (χ2n) is 6.47. The number of nitro groups is 1. The van der Waals surface area contributed by atoms with E-state index in [-0.39, 0.29) is 22.5 Å². The Balaban J connectivity index is 1.68. The van der Waals surface area contributed by atoms with Crippen molar-refractivity contribution >= 4 is 34.2 Å². The number of amides is 1. The van der Waals surface area contributed by atoms with Crippen molar-refractivity contribution in [1.82, 2.24) is 0 Å². The summed E-state index contributed by atoms with van der Waals surface area (Å²) in [7, 11) is 0. The molecular weight excluding hydrogens is 388 g/mol. The smallest absolute Gasteiger partial charge is 0.337 e. The molecule has 8 heteroatoms. The number of aromatic carboxylic acids is 1. The lowest BCUT2D eigenvalue weighted by molar-refractivity contribution is -0.384. The van der Waals surface area contributed by atoms with Crippen molar-refractivity contribution in [1.29, 1.82) is 0 Å². The van der Waals surface area contributed by atoms with Gasteiger partial charge in [0.05, 0.1) is 16.2 Å². The van der Waals surface area contributed by atoms with Crippen LogP contribution >= 0.6 is 0 Å². The Hall–Kier alpha value is -4.46. The molecule has 30 heavy (non-hydrogen) atoms. The van der Waals surface area contributed by atoms with Crippen molar-refractivity contribution in [2.75, 3.05) is 5.32 Å². The number of nitrogens with zero attached hydrogens (tertiary/aromatic N) is 1. The third-order valence-electron chi connectivity index (χ3n) is 4.55. The maximum absolute atomic E-state index is 12.6. The average molecular weight is 402 g/mol. The standard InChI is InChI=1S/C22H14N2O6/c25-21(13-5-8-16(9-6-13)24(28)29)23-18-11-15(7-10-17(18)22(26)27)20-12-14-3-1-2-4-19(14)30-20/h1-12H,(H,23,25)(H,26,27). The van der Waals surface area contributed by atoms with Crippen LogP contribution in [0.25, 0.3) is 22.3 Å². The van der Waals surface area contributed by atoms with E-state index in [1.807, 2.05) is 30.3 Å². The normalized spacial score (nSPS) is 10.7. The molecule has 0 radical (unpaired) electrons. The number of carboxylic acids is 1. The topological polar surface area (TPSA) is 123 Å². The fourth-order valence-electron chi connectivity index (χ4n) is 3.04. The van der Waals surface area contributed by atoms with E-state index < -0.39 is 16.8 Å². The van der Waals surface area contributed by atoms with Crippen LogP contribution in [0.4, 0.5) is 11.4 Å². The number of non-ortho nitro benzene ring substituents is 1. The SMILES string of the molecule is O=C(Nc1cc(-c2cc3ccccc3o2)ccc1C(=O)O)c1ccc([N+](=O)[O-])cc1. The first-order valence-electron chi connectivity index (χ1n) is 8.84. The summed E-state index contributed by atoms with van der Waals surface area (Å²) in [6.07, 6.45) is 0. The minimum atomic E-state index is -1.20. The summed E-state index contributed by atoms with van der Waals surface area (Å²) >= 11 is 0. The van der Waals surface area contributed by atoms with Crippen LogP contribution in [0.2, 0.25) is 0 Å².